The Morgan fingerprint density at radius 3 is 2.12 bits per heavy atom. The van der Waals surface area contributed by atoms with Gasteiger partial charge in [0.25, 0.3) is 0 Å². The second kappa shape index (κ2) is 6.78. The topological polar surface area (TPSA) is 9.23 Å². The maximum atomic E-state index is 14.3. The SMILES string of the molecule is C=CCOc1cc(F)c(-c2ccc3cc(C(F)(F)F)ccc3c2)c(F)c1. The molecule has 0 fully saturated rings. The Balaban J connectivity index is 2.04. The molecule has 3 aromatic rings. The van der Waals surface area contributed by atoms with Crippen molar-refractivity contribution in [2.75, 3.05) is 6.61 Å². The average Bonchev–Trinajstić information content (AvgIpc) is 2.58. The van der Waals surface area contributed by atoms with E-state index in [0.717, 1.165) is 24.3 Å². The second-order valence-electron chi connectivity index (χ2n) is 5.64. The van der Waals surface area contributed by atoms with Crippen molar-refractivity contribution in [3.8, 4) is 16.9 Å². The number of halogens is 5. The van der Waals surface area contributed by atoms with E-state index < -0.39 is 23.4 Å². The van der Waals surface area contributed by atoms with Crippen molar-refractivity contribution < 1.29 is 26.7 Å². The Morgan fingerprint density at radius 2 is 1.50 bits per heavy atom. The van der Waals surface area contributed by atoms with E-state index in [1.54, 1.807) is 0 Å². The van der Waals surface area contributed by atoms with E-state index in [-0.39, 0.29) is 23.5 Å². The molecule has 0 aliphatic carbocycles. The third-order valence-electron chi connectivity index (χ3n) is 3.84. The van der Waals surface area contributed by atoms with Crippen molar-refractivity contribution in [3.63, 3.8) is 0 Å². The molecule has 0 saturated carbocycles. The van der Waals surface area contributed by atoms with Crippen LogP contribution in [0.2, 0.25) is 0 Å². The van der Waals surface area contributed by atoms with Crippen molar-refractivity contribution >= 4 is 10.8 Å². The summed E-state index contributed by atoms with van der Waals surface area (Å²) in [5.74, 6) is -1.62. The van der Waals surface area contributed by atoms with Crippen molar-refractivity contribution in [1.82, 2.24) is 0 Å². The number of fused-ring (bicyclic) bond motifs is 1. The van der Waals surface area contributed by atoms with Gasteiger partial charge in [0, 0.05) is 12.1 Å². The van der Waals surface area contributed by atoms with E-state index in [4.69, 9.17) is 4.74 Å². The third-order valence-corrected chi connectivity index (χ3v) is 3.84. The Kier molecular flexibility index (Phi) is 4.68. The molecule has 0 N–H and O–H groups in total. The standard InChI is InChI=1S/C20H13F5O/c1-2-7-26-16-10-17(21)19(18(22)11-16)14-4-3-13-9-15(20(23,24)25)6-5-12(13)8-14/h2-6,8-11H,1,7H2. The first-order valence-electron chi connectivity index (χ1n) is 7.63. The van der Waals surface area contributed by atoms with Gasteiger partial charge in [-0.05, 0) is 34.5 Å². The van der Waals surface area contributed by atoms with Crippen molar-refractivity contribution in [2.24, 2.45) is 0 Å². The summed E-state index contributed by atoms with van der Waals surface area (Å²) < 4.78 is 72.1. The van der Waals surface area contributed by atoms with E-state index >= 15 is 0 Å². The van der Waals surface area contributed by atoms with Gasteiger partial charge < -0.3 is 4.74 Å². The molecule has 0 unspecified atom stereocenters. The molecule has 0 aliphatic rings. The molecule has 1 nitrogen and oxygen atoms in total. The lowest BCUT2D eigenvalue weighted by Gasteiger charge is -2.11. The predicted octanol–water partition coefficient (Wildman–Crippen LogP) is 6.37. The number of hydrogen-bond donors (Lipinski definition) is 0. The maximum absolute atomic E-state index is 14.3. The summed E-state index contributed by atoms with van der Waals surface area (Å²) in [4.78, 5) is 0. The summed E-state index contributed by atoms with van der Waals surface area (Å²) in [6.45, 7) is 3.56. The molecule has 3 rings (SSSR count). The predicted molar refractivity (Wildman–Crippen MR) is 90.0 cm³/mol. The number of benzene rings is 3. The van der Waals surface area contributed by atoms with Crippen molar-refractivity contribution in [3.05, 3.63) is 78.4 Å². The largest absolute Gasteiger partial charge is 0.489 e. The molecule has 26 heavy (non-hydrogen) atoms. The van der Waals surface area contributed by atoms with Crippen LogP contribution in [-0.2, 0) is 6.18 Å². The minimum atomic E-state index is -4.45. The maximum Gasteiger partial charge on any atom is 0.416 e. The van der Waals surface area contributed by atoms with Crippen LogP contribution in [-0.4, -0.2) is 6.61 Å². The van der Waals surface area contributed by atoms with E-state index in [1.165, 1.54) is 30.3 Å². The van der Waals surface area contributed by atoms with E-state index in [0.29, 0.717) is 10.8 Å². The highest BCUT2D eigenvalue weighted by Gasteiger charge is 2.30. The van der Waals surface area contributed by atoms with Gasteiger partial charge in [0.05, 0.1) is 11.1 Å². The molecule has 0 atom stereocenters. The van der Waals surface area contributed by atoms with Crippen LogP contribution in [0.1, 0.15) is 5.56 Å². The number of alkyl halides is 3. The summed E-state index contributed by atoms with van der Waals surface area (Å²) in [5.41, 5.74) is -0.820. The zero-order valence-corrected chi connectivity index (χ0v) is 13.4. The quantitative estimate of drug-likeness (QED) is 0.386. The Hall–Kier alpha value is -2.89. The van der Waals surface area contributed by atoms with Crippen LogP contribution >= 0.6 is 0 Å². The zero-order chi connectivity index (χ0) is 18.9. The second-order valence-corrected chi connectivity index (χ2v) is 5.64. The fourth-order valence-electron chi connectivity index (χ4n) is 2.64. The molecule has 0 radical (unpaired) electrons. The molecule has 0 bridgehead atoms. The lowest BCUT2D eigenvalue weighted by Crippen LogP contribution is -2.04. The van der Waals surface area contributed by atoms with Gasteiger partial charge in [0.15, 0.2) is 0 Å². The monoisotopic (exact) mass is 364 g/mol. The fraction of sp³-hybridized carbons (Fsp3) is 0.100. The molecule has 134 valence electrons. The summed E-state index contributed by atoms with van der Waals surface area (Å²) in [7, 11) is 0. The molecular formula is C20H13F5O. The first kappa shape index (κ1) is 17.9. The van der Waals surface area contributed by atoms with E-state index in [1.807, 2.05) is 0 Å². The third kappa shape index (κ3) is 3.54. The van der Waals surface area contributed by atoms with E-state index in [2.05, 4.69) is 6.58 Å². The molecule has 0 aliphatic heterocycles. The van der Waals surface area contributed by atoms with Crippen LogP contribution in [0.3, 0.4) is 0 Å². The van der Waals surface area contributed by atoms with Gasteiger partial charge in [-0.2, -0.15) is 13.2 Å². The molecule has 0 amide bonds. The summed E-state index contributed by atoms with van der Waals surface area (Å²) in [6.07, 6.45) is -3.01. The number of hydrogen-bond acceptors (Lipinski definition) is 1. The highest BCUT2D eigenvalue weighted by molar-refractivity contribution is 5.88. The number of ether oxygens (including phenoxy) is 1. The van der Waals surface area contributed by atoms with Crippen LogP contribution in [0.5, 0.6) is 5.75 Å². The molecule has 3 aromatic carbocycles. The lowest BCUT2D eigenvalue weighted by atomic mass is 9.99. The normalized spacial score (nSPS) is 11.6. The van der Waals surface area contributed by atoms with Crippen molar-refractivity contribution in [2.45, 2.75) is 6.18 Å². The van der Waals surface area contributed by atoms with Crippen LogP contribution in [0, 0.1) is 11.6 Å². The Bertz CT molecular complexity index is 953. The highest BCUT2D eigenvalue weighted by atomic mass is 19.4. The molecule has 0 saturated heterocycles. The van der Waals surface area contributed by atoms with Gasteiger partial charge >= 0.3 is 6.18 Å². The summed E-state index contributed by atoms with van der Waals surface area (Å²) in [6, 6.07) is 9.55. The first-order valence-corrected chi connectivity index (χ1v) is 7.63. The highest BCUT2D eigenvalue weighted by Crippen LogP contribution is 2.34. The Morgan fingerprint density at radius 1 is 0.885 bits per heavy atom. The van der Waals surface area contributed by atoms with Gasteiger partial charge in [-0.25, -0.2) is 8.78 Å². The molecule has 0 heterocycles. The van der Waals surface area contributed by atoms with Crippen LogP contribution in [0.15, 0.2) is 61.2 Å². The van der Waals surface area contributed by atoms with Crippen LogP contribution < -0.4 is 4.74 Å². The Labute approximate surface area is 146 Å². The van der Waals surface area contributed by atoms with Crippen molar-refractivity contribution in [1.29, 1.82) is 0 Å². The number of rotatable bonds is 4. The van der Waals surface area contributed by atoms with Gasteiger partial charge in [0.1, 0.15) is 24.0 Å². The fourth-order valence-corrected chi connectivity index (χ4v) is 2.64. The van der Waals surface area contributed by atoms with Gasteiger partial charge in [0.2, 0.25) is 0 Å². The molecule has 0 spiro atoms. The molecule has 0 aromatic heterocycles. The van der Waals surface area contributed by atoms with Gasteiger partial charge in [-0.1, -0.05) is 30.9 Å². The summed E-state index contributed by atoms with van der Waals surface area (Å²) >= 11 is 0. The minimum Gasteiger partial charge on any atom is -0.489 e. The minimum absolute atomic E-state index is 0.0271. The summed E-state index contributed by atoms with van der Waals surface area (Å²) in [5, 5.41) is 0.775. The zero-order valence-electron chi connectivity index (χ0n) is 13.4. The first-order chi connectivity index (χ1) is 12.3. The van der Waals surface area contributed by atoms with Crippen LogP contribution in [0.4, 0.5) is 22.0 Å². The van der Waals surface area contributed by atoms with Gasteiger partial charge in [-0.15, -0.1) is 0 Å². The lowest BCUT2D eigenvalue weighted by molar-refractivity contribution is -0.137. The smallest absolute Gasteiger partial charge is 0.416 e. The molecular weight excluding hydrogens is 351 g/mol. The van der Waals surface area contributed by atoms with E-state index in [9.17, 15) is 22.0 Å². The average molecular weight is 364 g/mol. The molecule has 6 heteroatoms. The van der Waals surface area contributed by atoms with Gasteiger partial charge in [-0.3, -0.25) is 0 Å². The van der Waals surface area contributed by atoms with Crippen LogP contribution in [0.25, 0.3) is 21.9 Å².